The summed E-state index contributed by atoms with van der Waals surface area (Å²) in [6, 6.07) is 9.52. The molecule has 2 heterocycles. The molecular weight excluding hydrogens is 544 g/mol. The van der Waals surface area contributed by atoms with Gasteiger partial charge in [-0.05, 0) is 36.6 Å². The predicted octanol–water partition coefficient (Wildman–Crippen LogP) is -0.326. The lowest BCUT2D eigenvalue weighted by atomic mass is 10.0. The van der Waals surface area contributed by atoms with Gasteiger partial charge in [0.2, 0.25) is 17.7 Å². The molecule has 0 aliphatic heterocycles. The van der Waals surface area contributed by atoms with Gasteiger partial charge in [-0.3, -0.25) is 14.4 Å². The molecular formula is C29H34N6O7. The first-order valence-electron chi connectivity index (χ1n) is 13.4. The van der Waals surface area contributed by atoms with E-state index in [4.69, 9.17) is 10.8 Å². The van der Waals surface area contributed by atoms with Gasteiger partial charge >= 0.3 is 5.97 Å². The van der Waals surface area contributed by atoms with Crippen LogP contribution in [0, 0.1) is 0 Å². The van der Waals surface area contributed by atoms with Crippen LogP contribution in [0.25, 0.3) is 21.8 Å². The van der Waals surface area contributed by atoms with Crippen molar-refractivity contribution in [2.45, 2.75) is 50.0 Å². The summed E-state index contributed by atoms with van der Waals surface area (Å²) in [4.78, 5) is 57.1. The van der Waals surface area contributed by atoms with Gasteiger partial charge in [-0.1, -0.05) is 36.4 Å². The molecule has 0 aliphatic carbocycles. The van der Waals surface area contributed by atoms with Gasteiger partial charge in [-0.25, -0.2) is 4.79 Å². The van der Waals surface area contributed by atoms with Crippen LogP contribution >= 0.6 is 0 Å². The third-order valence-electron chi connectivity index (χ3n) is 7.04. The molecule has 0 saturated heterocycles. The van der Waals surface area contributed by atoms with E-state index in [1.54, 1.807) is 12.4 Å². The number of carboxylic acid groups (broad SMARTS) is 1. The van der Waals surface area contributed by atoms with E-state index in [2.05, 4.69) is 25.9 Å². The van der Waals surface area contributed by atoms with Gasteiger partial charge in [0.05, 0.1) is 18.8 Å². The van der Waals surface area contributed by atoms with E-state index in [1.807, 2.05) is 48.5 Å². The lowest BCUT2D eigenvalue weighted by Gasteiger charge is -2.26. The number of aliphatic hydroxyl groups excluding tert-OH is 2. The lowest BCUT2D eigenvalue weighted by Crippen LogP contribution is -2.60. The average molecular weight is 579 g/mol. The Kier molecular flexibility index (Phi) is 9.57. The number of rotatable bonds is 13. The molecule has 0 saturated carbocycles. The van der Waals surface area contributed by atoms with Crippen molar-refractivity contribution in [1.29, 1.82) is 0 Å². The first-order chi connectivity index (χ1) is 20.1. The monoisotopic (exact) mass is 578 g/mol. The normalized spacial score (nSPS) is 15.0. The van der Waals surface area contributed by atoms with Crippen molar-refractivity contribution in [2.75, 3.05) is 6.61 Å². The summed E-state index contributed by atoms with van der Waals surface area (Å²) in [5, 5.41) is 37.6. The van der Waals surface area contributed by atoms with Gasteiger partial charge in [0.25, 0.3) is 0 Å². The van der Waals surface area contributed by atoms with Crippen LogP contribution in [0.3, 0.4) is 0 Å². The number of nitrogens with one attached hydrogen (secondary N) is 5. The number of hydrogen-bond acceptors (Lipinski definition) is 7. The molecule has 222 valence electrons. The zero-order valence-electron chi connectivity index (χ0n) is 22.8. The summed E-state index contributed by atoms with van der Waals surface area (Å²) in [6.45, 7) is 0.346. The first-order valence-corrected chi connectivity index (χ1v) is 13.4. The van der Waals surface area contributed by atoms with Crippen LogP contribution in [0.4, 0.5) is 0 Å². The van der Waals surface area contributed by atoms with Crippen LogP contribution in [-0.4, -0.2) is 85.9 Å². The summed E-state index contributed by atoms with van der Waals surface area (Å²) < 4.78 is 0. The summed E-state index contributed by atoms with van der Waals surface area (Å²) >= 11 is 0. The second-order valence-electron chi connectivity index (χ2n) is 10.1. The zero-order chi connectivity index (χ0) is 30.4. The maximum Gasteiger partial charge on any atom is 0.328 e. The standard InChI is InChI=1S/C29H34N6O7/c1-15(37)25(28(40)34-24(14-36)29(41)42)35-27(39)23(11-17-13-32-22-9-5-3-7-19(17)22)33-26(38)20(30)10-16-12-31-21-8-4-2-6-18(16)21/h2-9,12-13,15,20,23-25,31-32,36-37H,10-11,14,30H2,1H3,(H,33,38)(H,34,40)(H,35,39)(H,41,42). The topological polar surface area (TPSA) is 223 Å². The number of aromatic amines is 2. The molecule has 0 spiro atoms. The fraction of sp³-hybridized carbons (Fsp3) is 0.310. The Morgan fingerprint density at radius 3 is 1.83 bits per heavy atom. The maximum atomic E-state index is 13.5. The number of aliphatic carboxylic acids is 1. The molecule has 0 bridgehead atoms. The largest absolute Gasteiger partial charge is 0.480 e. The fourth-order valence-corrected chi connectivity index (χ4v) is 4.74. The molecule has 4 aromatic rings. The Morgan fingerprint density at radius 2 is 1.31 bits per heavy atom. The lowest BCUT2D eigenvalue weighted by molar-refractivity contribution is -0.144. The van der Waals surface area contributed by atoms with Crippen LogP contribution in [0.2, 0.25) is 0 Å². The SMILES string of the molecule is CC(O)C(NC(=O)C(Cc1c[nH]c2ccccc12)NC(=O)C(N)Cc1c[nH]c2ccccc12)C(=O)NC(CO)C(=O)O. The van der Waals surface area contributed by atoms with Crippen LogP contribution in [-0.2, 0) is 32.0 Å². The summed E-state index contributed by atoms with van der Waals surface area (Å²) in [5.41, 5.74) is 9.51. The summed E-state index contributed by atoms with van der Waals surface area (Å²) in [5.74, 6) is -3.92. The number of fused-ring (bicyclic) bond motifs is 2. The number of H-pyrrole nitrogens is 2. The third-order valence-corrected chi connectivity index (χ3v) is 7.04. The van der Waals surface area contributed by atoms with E-state index in [-0.39, 0.29) is 12.8 Å². The molecule has 2 aromatic carbocycles. The quantitative estimate of drug-likeness (QED) is 0.102. The molecule has 42 heavy (non-hydrogen) atoms. The van der Waals surface area contributed by atoms with E-state index in [0.717, 1.165) is 27.4 Å². The number of amides is 3. The van der Waals surface area contributed by atoms with Gasteiger partial charge in [-0.15, -0.1) is 0 Å². The predicted molar refractivity (Wildman–Crippen MR) is 154 cm³/mol. The van der Waals surface area contributed by atoms with Crippen molar-refractivity contribution in [3.8, 4) is 0 Å². The highest BCUT2D eigenvalue weighted by molar-refractivity contribution is 5.95. The number of aromatic nitrogens is 2. The van der Waals surface area contributed by atoms with Crippen LogP contribution in [0.5, 0.6) is 0 Å². The summed E-state index contributed by atoms with van der Waals surface area (Å²) in [6.07, 6.45) is 2.25. The van der Waals surface area contributed by atoms with Crippen molar-refractivity contribution < 1.29 is 34.5 Å². The van der Waals surface area contributed by atoms with Gasteiger partial charge in [-0.2, -0.15) is 0 Å². The van der Waals surface area contributed by atoms with Gasteiger partial charge < -0.3 is 47.0 Å². The number of benzene rings is 2. The van der Waals surface area contributed by atoms with Crippen molar-refractivity contribution in [2.24, 2.45) is 5.73 Å². The first kappa shape index (κ1) is 30.2. The minimum Gasteiger partial charge on any atom is -0.480 e. The molecule has 4 rings (SSSR count). The summed E-state index contributed by atoms with van der Waals surface area (Å²) in [7, 11) is 0. The maximum absolute atomic E-state index is 13.5. The number of para-hydroxylation sites is 2. The highest BCUT2D eigenvalue weighted by Gasteiger charge is 2.33. The van der Waals surface area contributed by atoms with Crippen molar-refractivity contribution in [3.63, 3.8) is 0 Å². The van der Waals surface area contributed by atoms with Crippen molar-refractivity contribution in [3.05, 3.63) is 72.1 Å². The molecule has 2 aromatic heterocycles. The fourth-order valence-electron chi connectivity index (χ4n) is 4.74. The Balaban J connectivity index is 1.54. The smallest absolute Gasteiger partial charge is 0.328 e. The number of aliphatic hydroxyl groups is 2. The highest BCUT2D eigenvalue weighted by atomic mass is 16.4. The second-order valence-corrected chi connectivity index (χ2v) is 10.1. The molecule has 10 N–H and O–H groups in total. The van der Waals surface area contributed by atoms with Crippen LogP contribution in [0.1, 0.15) is 18.1 Å². The van der Waals surface area contributed by atoms with Gasteiger partial charge in [0.1, 0.15) is 18.1 Å². The second kappa shape index (κ2) is 13.3. The van der Waals surface area contributed by atoms with Gasteiger partial charge in [0, 0.05) is 40.6 Å². The Labute approximate surface area is 240 Å². The van der Waals surface area contributed by atoms with Gasteiger partial charge in [0.15, 0.2) is 0 Å². The molecule has 0 fully saturated rings. The Hall–Kier alpha value is -4.72. The van der Waals surface area contributed by atoms with Crippen molar-refractivity contribution in [1.82, 2.24) is 25.9 Å². The van der Waals surface area contributed by atoms with E-state index in [0.29, 0.717) is 5.56 Å². The van der Waals surface area contributed by atoms with E-state index >= 15 is 0 Å². The minimum atomic E-state index is -1.64. The van der Waals surface area contributed by atoms with Crippen molar-refractivity contribution >= 4 is 45.5 Å². The highest BCUT2D eigenvalue weighted by Crippen LogP contribution is 2.21. The number of nitrogens with two attached hydrogens (primary N) is 1. The van der Waals surface area contributed by atoms with E-state index in [1.165, 1.54) is 6.92 Å². The number of hydrogen-bond donors (Lipinski definition) is 9. The molecule has 3 amide bonds. The Bertz CT molecular complexity index is 1580. The molecule has 0 radical (unpaired) electrons. The minimum absolute atomic E-state index is 0.0178. The molecule has 13 nitrogen and oxygen atoms in total. The number of carbonyl (C=O) groups excluding carboxylic acids is 3. The molecule has 0 aliphatic rings. The van der Waals surface area contributed by atoms with Crippen LogP contribution < -0.4 is 21.7 Å². The number of carbonyl (C=O) groups is 4. The molecule has 5 unspecified atom stereocenters. The van der Waals surface area contributed by atoms with Crippen LogP contribution in [0.15, 0.2) is 60.9 Å². The molecule has 13 heteroatoms. The zero-order valence-corrected chi connectivity index (χ0v) is 22.8. The Morgan fingerprint density at radius 1 is 0.786 bits per heavy atom. The van der Waals surface area contributed by atoms with E-state index < -0.39 is 60.6 Å². The third kappa shape index (κ3) is 6.94. The van der Waals surface area contributed by atoms with E-state index in [9.17, 15) is 29.4 Å². The molecule has 5 atom stereocenters. The number of carboxylic acids is 1. The average Bonchev–Trinajstić information content (AvgIpc) is 3.57.